The van der Waals surface area contributed by atoms with Gasteiger partial charge in [0.25, 0.3) is 0 Å². The van der Waals surface area contributed by atoms with Crippen LogP contribution in [0.2, 0.25) is 0 Å². The molecular weight excluding hydrogens is 433 g/mol. The van der Waals surface area contributed by atoms with Gasteiger partial charge >= 0.3 is 0 Å². The maximum Gasteiger partial charge on any atom is 0.191 e. The van der Waals surface area contributed by atoms with Gasteiger partial charge in [0.15, 0.2) is 23.1 Å². The van der Waals surface area contributed by atoms with Crippen molar-refractivity contribution in [2.75, 3.05) is 30.3 Å². The van der Waals surface area contributed by atoms with Gasteiger partial charge in [0.05, 0.1) is 17.3 Å². The lowest BCUT2D eigenvalue weighted by Crippen LogP contribution is -2.50. The summed E-state index contributed by atoms with van der Waals surface area (Å²) in [5, 5.41) is 10.7. The summed E-state index contributed by atoms with van der Waals surface area (Å²) in [6, 6.07) is 11.0. The molecule has 1 fully saturated rings. The molecular formula is C24H21F3N4O2. The third kappa shape index (κ3) is 3.74. The lowest BCUT2D eigenvalue weighted by Gasteiger charge is -2.39. The number of nitrogen functional groups attached to an aromatic ring is 1. The van der Waals surface area contributed by atoms with Gasteiger partial charge in [-0.15, -0.1) is 0 Å². The molecule has 3 aromatic carbocycles. The first-order valence-electron chi connectivity index (χ1n) is 10.4. The summed E-state index contributed by atoms with van der Waals surface area (Å²) in [6.45, 7) is 1.15. The molecule has 5 rings (SSSR count). The van der Waals surface area contributed by atoms with Crippen LogP contribution in [0.3, 0.4) is 0 Å². The zero-order valence-electron chi connectivity index (χ0n) is 17.4. The highest BCUT2D eigenvalue weighted by Gasteiger charge is 2.33. The molecule has 2 heterocycles. The predicted molar refractivity (Wildman–Crippen MR) is 119 cm³/mol. The standard InChI is InChI=1S/C24H21F3N4O2/c25-14-3-1-13(2-4-14)22-12-32-23-17(9-28)20(29)5-6-21(23)31(22)15-7-18(26)24(19(27)8-15)33-16-10-30-11-16/h1-9,16,22,28,30H,10-12,29H2/t22-/m0/s1. The van der Waals surface area contributed by atoms with Crippen molar-refractivity contribution < 1.29 is 22.6 Å². The van der Waals surface area contributed by atoms with Crippen molar-refractivity contribution in [3.63, 3.8) is 0 Å². The summed E-state index contributed by atoms with van der Waals surface area (Å²) in [5.74, 6) is -2.14. The number of halogens is 3. The van der Waals surface area contributed by atoms with Crippen molar-refractivity contribution in [2.45, 2.75) is 12.1 Å². The highest BCUT2D eigenvalue weighted by atomic mass is 19.1. The quantitative estimate of drug-likeness (QED) is 0.395. The predicted octanol–water partition coefficient (Wildman–Crippen LogP) is 4.31. The molecule has 0 aliphatic carbocycles. The molecule has 9 heteroatoms. The zero-order chi connectivity index (χ0) is 23.1. The lowest BCUT2D eigenvalue weighted by molar-refractivity contribution is 0.130. The summed E-state index contributed by atoms with van der Waals surface area (Å²) in [5.41, 5.74) is 8.12. The Kier molecular flexibility index (Phi) is 5.33. The molecule has 0 saturated carbocycles. The van der Waals surface area contributed by atoms with E-state index >= 15 is 8.78 Å². The molecule has 33 heavy (non-hydrogen) atoms. The van der Waals surface area contributed by atoms with Gasteiger partial charge in [0, 0.05) is 42.8 Å². The van der Waals surface area contributed by atoms with Crippen LogP contribution in [0.15, 0.2) is 48.5 Å². The minimum Gasteiger partial charge on any atom is -0.488 e. The Morgan fingerprint density at radius 2 is 1.76 bits per heavy atom. The van der Waals surface area contributed by atoms with E-state index in [9.17, 15) is 4.39 Å². The zero-order valence-corrected chi connectivity index (χ0v) is 17.4. The van der Waals surface area contributed by atoms with Crippen LogP contribution in [-0.4, -0.2) is 32.0 Å². The van der Waals surface area contributed by atoms with Gasteiger partial charge in [-0.3, -0.25) is 0 Å². The fraction of sp³-hybridized carbons (Fsp3) is 0.208. The normalized spacial score (nSPS) is 17.7. The number of hydrogen-bond donors (Lipinski definition) is 3. The summed E-state index contributed by atoms with van der Waals surface area (Å²) < 4.78 is 55.0. The van der Waals surface area contributed by atoms with Gasteiger partial charge in [-0.1, -0.05) is 12.1 Å². The Morgan fingerprint density at radius 3 is 2.36 bits per heavy atom. The first kappa shape index (κ1) is 21.1. The summed E-state index contributed by atoms with van der Waals surface area (Å²) in [4.78, 5) is 1.71. The minimum absolute atomic E-state index is 0.0954. The number of anilines is 3. The molecule has 0 unspecified atom stereocenters. The van der Waals surface area contributed by atoms with Crippen molar-refractivity contribution in [1.82, 2.24) is 5.32 Å². The molecule has 0 aromatic heterocycles. The van der Waals surface area contributed by atoms with Crippen LogP contribution in [0.5, 0.6) is 11.5 Å². The Labute approximate surface area is 188 Å². The van der Waals surface area contributed by atoms with Crippen molar-refractivity contribution in [2.24, 2.45) is 0 Å². The van der Waals surface area contributed by atoms with Crippen LogP contribution in [-0.2, 0) is 0 Å². The van der Waals surface area contributed by atoms with Gasteiger partial charge in [0.2, 0.25) is 0 Å². The monoisotopic (exact) mass is 454 g/mol. The Morgan fingerprint density at radius 1 is 1.06 bits per heavy atom. The third-order valence-electron chi connectivity index (χ3n) is 5.85. The largest absolute Gasteiger partial charge is 0.488 e. The van der Waals surface area contributed by atoms with Crippen molar-refractivity contribution in [3.8, 4) is 11.5 Å². The van der Waals surface area contributed by atoms with Gasteiger partial charge in [-0.05, 0) is 29.8 Å². The molecule has 2 aliphatic rings. The van der Waals surface area contributed by atoms with Crippen molar-refractivity contribution in [3.05, 3.63) is 77.1 Å². The third-order valence-corrected chi connectivity index (χ3v) is 5.85. The highest BCUT2D eigenvalue weighted by molar-refractivity contribution is 5.94. The van der Waals surface area contributed by atoms with Crippen LogP contribution >= 0.6 is 0 Å². The second-order valence-corrected chi connectivity index (χ2v) is 7.95. The van der Waals surface area contributed by atoms with E-state index in [2.05, 4.69) is 5.32 Å². The van der Waals surface area contributed by atoms with Gasteiger partial charge < -0.3 is 30.8 Å². The SMILES string of the molecule is N=Cc1c(N)ccc2c1OC[C@@H](c1ccc(F)cc1)N2c1cc(F)c(OC2CNC2)c(F)c1. The van der Waals surface area contributed by atoms with E-state index < -0.39 is 29.2 Å². The fourth-order valence-electron chi connectivity index (χ4n) is 4.06. The lowest BCUT2D eigenvalue weighted by atomic mass is 10.00. The van der Waals surface area contributed by atoms with E-state index in [0.29, 0.717) is 41.3 Å². The average molecular weight is 454 g/mol. The highest BCUT2D eigenvalue weighted by Crippen LogP contribution is 2.47. The van der Waals surface area contributed by atoms with Gasteiger partial charge in [0.1, 0.15) is 18.5 Å². The summed E-state index contributed by atoms with van der Waals surface area (Å²) in [7, 11) is 0. The number of fused-ring (bicyclic) bond motifs is 1. The number of benzene rings is 3. The summed E-state index contributed by atoms with van der Waals surface area (Å²) in [6.07, 6.45) is 0.795. The fourth-order valence-corrected chi connectivity index (χ4v) is 4.06. The Hall–Kier alpha value is -3.72. The number of nitrogens with one attached hydrogen (secondary N) is 2. The van der Waals surface area contributed by atoms with E-state index in [1.165, 1.54) is 24.3 Å². The van der Waals surface area contributed by atoms with Crippen molar-refractivity contribution in [1.29, 1.82) is 5.41 Å². The second kappa shape index (κ2) is 8.32. The molecule has 6 nitrogen and oxygen atoms in total. The van der Waals surface area contributed by atoms with Gasteiger partial charge in [-0.2, -0.15) is 0 Å². The molecule has 1 atom stereocenters. The molecule has 0 amide bonds. The van der Waals surface area contributed by atoms with Crippen molar-refractivity contribution >= 4 is 23.3 Å². The number of ether oxygens (including phenoxy) is 2. The second-order valence-electron chi connectivity index (χ2n) is 7.95. The molecule has 0 bridgehead atoms. The van der Waals surface area contributed by atoms with E-state index in [0.717, 1.165) is 6.21 Å². The minimum atomic E-state index is -0.828. The molecule has 0 radical (unpaired) electrons. The number of nitrogens with zero attached hydrogens (tertiary/aromatic N) is 1. The molecule has 170 valence electrons. The Bertz CT molecular complexity index is 1190. The number of nitrogens with two attached hydrogens (primary N) is 1. The molecule has 4 N–H and O–H groups in total. The number of rotatable bonds is 5. The molecule has 3 aromatic rings. The van der Waals surface area contributed by atoms with Gasteiger partial charge in [-0.25, -0.2) is 13.2 Å². The van der Waals surface area contributed by atoms with Crippen LogP contribution < -0.4 is 25.4 Å². The van der Waals surface area contributed by atoms with Crippen LogP contribution in [0.4, 0.5) is 30.2 Å². The van der Waals surface area contributed by atoms with Crippen LogP contribution in [0, 0.1) is 22.9 Å². The van der Waals surface area contributed by atoms with E-state index in [-0.39, 0.29) is 18.4 Å². The van der Waals surface area contributed by atoms with E-state index in [1.54, 1.807) is 29.2 Å². The average Bonchev–Trinajstić information content (AvgIpc) is 2.77. The maximum absolute atomic E-state index is 15.0. The summed E-state index contributed by atoms with van der Waals surface area (Å²) >= 11 is 0. The van der Waals surface area contributed by atoms with Crippen LogP contribution in [0.1, 0.15) is 17.2 Å². The smallest absolute Gasteiger partial charge is 0.191 e. The van der Waals surface area contributed by atoms with E-state index in [1.807, 2.05) is 0 Å². The molecule has 1 saturated heterocycles. The first-order valence-corrected chi connectivity index (χ1v) is 10.4. The first-order chi connectivity index (χ1) is 16.0. The topological polar surface area (TPSA) is 83.6 Å². The van der Waals surface area contributed by atoms with E-state index in [4.69, 9.17) is 20.6 Å². The number of hydrogen-bond acceptors (Lipinski definition) is 6. The molecule has 0 spiro atoms. The Balaban J connectivity index is 1.64. The van der Waals surface area contributed by atoms with Crippen LogP contribution in [0.25, 0.3) is 0 Å². The maximum atomic E-state index is 15.0. The molecule has 2 aliphatic heterocycles.